The van der Waals surface area contributed by atoms with Crippen molar-refractivity contribution in [2.75, 3.05) is 33.0 Å². The van der Waals surface area contributed by atoms with Crippen molar-refractivity contribution >= 4 is 16.0 Å². The highest BCUT2D eigenvalue weighted by Gasteiger charge is 2.63. The Kier molecular flexibility index (Phi) is 10.4. The molecule has 0 aromatic carbocycles. The fourth-order valence-electron chi connectivity index (χ4n) is 10.3. The molecule has 0 spiro atoms. The summed E-state index contributed by atoms with van der Waals surface area (Å²) in [7, 11) is -1.82. The van der Waals surface area contributed by atoms with Crippen LogP contribution in [-0.2, 0) is 19.6 Å². The van der Waals surface area contributed by atoms with Gasteiger partial charge in [-0.3, -0.25) is 4.79 Å². The van der Waals surface area contributed by atoms with E-state index < -0.39 is 10.0 Å². The summed E-state index contributed by atoms with van der Waals surface area (Å²) >= 11 is 0. The van der Waals surface area contributed by atoms with Gasteiger partial charge in [0.25, 0.3) is 0 Å². The molecular formula is C32H59N3O4S. The van der Waals surface area contributed by atoms with Crippen molar-refractivity contribution in [1.29, 1.82) is 0 Å². The summed E-state index contributed by atoms with van der Waals surface area (Å²) in [6.07, 6.45) is 12.3. The molecule has 3 N–H and O–H groups in total. The number of fused-ring (bicyclic) bond motifs is 5. The van der Waals surface area contributed by atoms with Gasteiger partial charge in [0.15, 0.2) is 0 Å². The van der Waals surface area contributed by atoms with Crippen LogP contribution in [0.2, 0.25) is 0 Å². The fraction of sp³-hybridized carbons (Fsp3) is 0.969. The van der Waals surface area contributed by atoms with Gasteiger partial charge in [-0.25, -0.2) is 13.1 Å². The molecule has 40 heavy (non-hydrogen) atoms. The van der Waals surface area contributed by atoms with E-state index in [1.54, 1.807) is 0 Å². The molecular weight excluding hydrogens is 522 g/mol. The smallest absolute Gasteiger partial charge is 0.305 e. The van der Waals surface area contributed by atoms with E-state index >= 15 is 0 Å². The van der Waals surface area contributed by atoms with Crippen LogP contribution in [0.4, 0.5) is 0 Å². The van der Waals surface area contributed by atoms with Crippen LogP contribution in [0.15, 0.2) is 0 Å². The van der Waals surface area contributed by atoms with Crippen molar-refractivity contribution < 1.29 is 17.9 Å². The van der Waals surface area contributed by atoms with Gasteiger partial charge in [-0.2, -0.15) is 0 Å². The number of esters is 1. The minimum Gasteiger partial charge on any atom is -0.469 e. The van der Waals surface area contributed by atoms with Crippen molar-refractivity contribution in [2.24, 2.45) is 52.3 Å². The van der Waals surface area contributed by atoms with Crippen LogP contribution in [0.25, 0.3) is 0 Å². The predicted octanol–water partition coefficient (Wildman–Crippen LogP) is 4.97. The lowest BCUT2D eigenvalue weighted by molar-refractivity contribution is -0.141. The average molecular weight is 582 g/mol. The van der Waals surface area contributed by atoms with Gasteiger partial charge < -0.3 is 15.4 Å². The lowest BCUT2D eigenvalue weighted by Gasteiger charge is -2.63. The minimum atomic E-state index is -3.29. The highest BCUT2D eigenvalue weighted by Crippen LogP contribution is 2.68. The molecule has 4 rings (SSSR count). The van der Waals surface area contributed by atoms with Gasteiger partial charge in [0.2, 0.25) is 10.0 Å². The van der Waals surface area contributed by atoms with E-state index in [9.17, 15) is 13.2 Å². The summed E-state index contributed by atoms with van der Waals surface area (Å²) in [5.74, 6) is 3.72. The average Bonchev–Trinajstić information content (AvgIpc) is 3.23. The molecule has 0 aromatic rings. The zero-order valence-corrected chi connectivity index (χ0v) is 27.2. The van der Waals surface area contributed by atoms with Crippen LogP contribution in [0.5, 0.6) is 0 Å². The molecule has 232 valence electrons. The number of ether oxygens (including phenoxy) is 1. The molecule has 0 radical (unpaired) electrons. The number of hydrogen-bond acceptors (Lipinski definition) is 6. The Morgan fingerprint density at radius 1 is 0.975 bits per heavy atom. The molecule has 10 atom stereocenters. The molecule has 4 unspecified atom stereocenters. The van der Waals surface area contributed by atoms with Crippen LogP contribution in [-0.4, -0.2) is 59.5 Å². The zero-order chi connectivity index (χ0) is 29.3. The Balaban J connectivity index is 1.49. The molecule has 4 fully saturated rings. The number of rotatable bonds is 12. The van der Waals surface area contributed by atoms with E-state index in [1.807, 2.05) is 0 Å². The quantitative estimate of drug-likeness (QED) is 0.223. The van der Waals surface area contributed by atoms with Gasteiger partial charge in [-0.1, -0.05) is 34.6 Å². The molecule has 4 aliphatic rings. The molecule has 8 heteroatoms. The van der Waals surface area contributed by atoms with Crippen molar-refractivity contribution in [3.8, 4) is 0 Å². The Morgan fingerprint density at radius 3 is 2.35 bits per heavy atom. The molecule has 4 aliphatic carbocycles. The minimum absolute atomic E-state index is 0.0359. The summed E-state index contributed by atoms with van der Waals surface area (Å²) in [4.78, 5) is 11.9. The van der Waals surface area contributed by atoms with Crippen molar-refractivity contribution in [3.63, 3.8) is 0 Å². The van der Waals surface area contributed by atoms with Gasteiger partial charge in [0.1, 0.15) is 0 Å². The standard InChI is InChI=1S/C32H59N3O4S/c1-21(2)34-17-16-33-20-23-12-14-31(4)24(18-23)19-28(35-40(7,37)38)30-26-10-9-25(22(3)8-11-29(36)39-6)32(26,5)15-13-27(30)31/h21-28,30,33-35H,8-20H2,1-7H3/t22-,23?,24-,25-,26?,27?,28-,30?,31+,32-/m1/s1. The van der Waals surface area contributed by atoms with Gasteiger partial charge in [0, 0.05) is 31.6 Å². The first kappa shape index (κ1) is 32.2. The van der Waals surface area contributed by atoms with Crippen molar-refractivity contribution in [3.05, 3.63) is 0 Å². The summed E-state index contributed by atoms with van der Waals surface area (Å²) < 4.78 is 33.5. The van der Waals surface area contributed by atoms with Gasteiger partial charge in [0.05, 0.1) is 13.4 Å². The summed E-state index contributed by atoms with van der Waals surface area (Å²) in [6.45, 7) is 14.8. The van der Waals surface area contributed by atoms with E-state index in [1.165, 1.54) is 58.3 Å². The zero-order valence-electron chi connectivity index (χ0n) is 26.4. The Bertz CT molecular complexity index is 973. The van der Waals surface area contributed by atoms with Gasteiger partial charge in [-0.15, -0.1) is 0 Å². The Labute approximate surface area is 245 Å². The third kappa shape index (κ3) is 6.92. The first-order valence-electron chi connectivity index (χ1n) is 16.3. The van der Waals surface area contributed by atoms with Crippen LogP contribution in [0.3, 0.4) is 0 Å². The third-order valence-corrected chi connectivity index (χ3v) is 13.0. The molecule has 0 bridgehead atoms. The second kappa shape index (κ2) is 12.9. The summed E-state index contributed by atoms with van der Waals surface area (Å²) in [5.41, 5.74) is 0.508. The van der Waals surface area contributed by atoms with Gasteiger partial charge >= 0.3 is 5.97 Å². The highest BCUT2D eigenvalue weighted by molar-refractivity contribution is 7.88. The van der Waals surface area contributed by atoms with Crippen LogP contribution in [0.1, 0.15) is 98.8 Å². The van der Waals surface area contributed by atoms with Crippen LogP contribution in [0, 0.1) is 52.3 Å². The Morgan fingerprint density at radius 2 is 1.68 bits per heavy atom. The van der Waals surface area contributed by atoms with Crippen LogP contribution >= 0.6 is 0 Å². The lowest BCUT2D eigenvalue weighted by Crippen LogP contribution is -2.62. The maximum Gasteiger partial charge on any atom is 0.305 e. The van der Waals surface area contributed by atoms with E-state index in [2.05, 4.69) is 50.0 Å². The molecule has 0 aromatic heterocycles. The number of carbonyl (C=O) groups is 1. The molecule has 0 aliphatic heterocycles. The third-order valence-electron chi connectivity index (χ3n) is 12.3. The SMILES string of the molecule is COC(=O)CC[C@@H](C)[C@H]1CCC2C3C(CC[C@@]21C)[C@@]1(C)CCC(CNCCNC(C)C)C[C@@H]1C[C@H]3NS(C)(=O)=O. The Hall–Kier alpha value is -0.700. The number of sulfonamides is 1. The first-order valence-corrected chi connectivity index (χ1v) is 18.2. The maximum absolute atomic E-state index is 12.7. The molecule has 7 nitrogen and oxygen atoms in total. The topological polar surface area (TPSA) is 96.5 Å². The van der Waals surface area contributed by atoms with E-state index in [0.717, 1.165) is 32.5 Å². The largest absolute Gasteiger partial charge is 0.469 e. The maximum atomic E-state index is 12.7. The summed E-state index contributed by atoms with van der Waals surface area (Å²) in [6, 6.07) is 0.552. The number of carbonyl (C=O) groups excluding carboxylic acids is 1. The summed E-state index contributed by atoms with van der Waals surface area (Å²) in [5, 5.41) is 7.18. The van der Waals surface area contributed by atoms with E-state index in [0.29, 0.717) is 59.3 Å². The second-order valence-corrected chi connectivity index (χ2v) is 16.8. The van der Waals surface area contributed by atoms with Crippen molar-refractivity contribution in [1.82, 2.24) is 15.4 Å². The number of nitrogens with one attached hydrogen (secondary N) is 3. The fourth-order valence-corrected chi connectivity index (χ4v) is 11.1. The van der Waals surface area contributed by atoms with Gasteiger partial charge in [-0.05, 0) is 117 Å². The van der Waals surface area contributed by atoms with Crippen LogP contribution < -0.4 is 15.4 Å². The monoisotopic (exact) mass is 581 g/mol. The molecule has 0 amide bonds. The lowest BCUT2D eigenvalue weighted by atomic mass is 9.43. The number of hydrogen-bond donors (Lipinski definition) is 3. The second-order valence-electron chi connectivity index (χ2n) is 15.0. The normalized spacial score (nSPS) is 40.2. The molecule has 0 heterocycles. The molecule has 0 saturated heterocycles. The van der Waals surface area contributed by atoms with E-state index in [-0.39, 0.29) is 17.4 Å². The predicted molar refractivity (Wildman–Crippen MR) is 162 cm³/mol. The number of methoxy groups -OCH3 is 1. The molecule has 4 saturated carbocycles. The first-order chi connectivity index (χ1) is 18.8. The highest BCUT2D eigenvalue weighted by atomic mass is 32.2. The van der Waals surface area contributed by atoms with E-state index in [4.69, 9.17) is 4.74 Å². The van der Waals surface area contributed by atoms with Crippen molar-refractivity contribution in [2.45, 2.75) is 111 Å².